The Morgan fingerprint density at radius 3 is 2.67 bits per heavy atom. The van der Waals surface area contributed by atoms with Crippen LogP contribution in [-0.2, 0) is 19.3 Å². The van der Waals surface area contributed by atoms with Crippen LogP contribution in [0.2, 0.25) is 0 Å². The van der Waals surface area contributed by atoms with Crippen molar-refractivity contribution in [1.29, 1.82) is 0 Å². The number of carbonyl (C=O) groups excluding carboxylic acids is 1. The van der Waals surface area contributed by atoms with Crippen molar-refractivity contribution in [3.8, 4) is 0 Å². The average molecular weight is 440 g/mol. The minimum Gasteiger partial charge on any atom is -0.345 e. The highest BCUT2D eigenvalue weighted by atomic mass is 32.2. The number of thioether (sulfide) groups is 1. The second kappa shape index (κ2) is 10.1. The number of rotatable bonds is 9. The largest absolute Gasteiger partial charge is 0.417 e. The van der Waals surface area contributed by atoms with Gasteiger partial charge in [0.15, 0.2) is 11.0 Å². The van der Waals surface area contributed by atoms with Gasteiger partial charge in [0, 0.05) is 18.8 Å². The van der Waals surface area contributed by atoms with Gasteiger partial charge in [0.1, 0.15) is 0 Å². The lowest BCUT2D eigenvalue weighted by Gasteiger charge is -2.14. The summed E-state index contributed by atoms with van der Waals surface area (Å²) < 4.78 is 41.3. The molecule has 1 aliphatic heterocycles. The van der Waals surface area contributed by atoms with Crippen LogP contribution >= 0.6 is 11.8 Å². The van der Waals surface area contributed by atoms with Gasteiger partial charge in [-0.3, -0.25) is 4.79 Å². The van der Waals surface area contributed by atoms with Crippen molar-refractivity contribution in [1.82, 2.24) is 25.0 Å². The van der Waals surface area contributed by atoms with Gasteiger partial charge in [-0.1, -0.05) is 30.0 Å². The van der Waals surface area contributed by atoms with Crippen LogP contribution in [0.1, 0.15) is 34.6 Å². The smallest absolute Gasteiger partial charge is 0.345 e. The van der Waals surface area contributed by atoms with Crippen molar-refractivity contribution in [2.45, 2.75) is 37.3 Å². The average Bonchev–Trinajstić information content (AvgIpc) is 3.36. The summed E-state index contributed by atoms with van der Waals surface area (Å²) in [4.78, 5) is 14.8. The molecule has 30 heavy (non-hydrogen) atoms. The first-order valence-corrected chi connectivity index (χ1v) is 10.7. The molecule has 1 saturated heterocycles. The van der Waals surface area contributed by atoms with E-state index in [9.17, 15) is 18.0 Å². The number of amides is 1. The molecular formula is C20H24F3N5OS. The van der Waals surface area contributed by atoms with E-state index in [4.69, 9.17) is 0 Å². The highest BCUT2D eigenvalue weighted by Crippen LogP contribution is 2.31. The van der Waals surface area contributed by atoms with Gasteiger partial charge >= 0.3 is 6.18 Å². The first kappa shape index (κ1) is 22.4. The minimum atomic E-state index is -4.60. The van der Waals surface area contributed by atoms with E-state index < -0.39 is 23.2 Å². The van der Waals surface area contributed by atoms with Crippen LogP contribution in [0.15, 0.2) is 42.1 Å². The first-order chi connectivity index (χ1) is 14.4. The molecular weight excluding hydrogens is 415 g/mol. The molecule has 1 fully saturated rings. The lowest BCUT2D eigenvalue weighted by molar-refractivity contribution is -0.137. The van der Waals surface area contributed by atoms with E-state index in [1.54, 1.807) is 17.8 Å². The number of hydrogen-bond donors (Lipinski definition) is 1. The molecule has 10 heteroatoms. The number of hydrogen-bond acceptors (Lipinski definition) is 5. The summed E-state index contributed by atoms with van der Waals surface area (Å²) in [5.74, 6) is 0.524. The summed E-state index contributed by atoms with van der Waals surface area (Å²) in [6.07, 6.45) is -0.439. The summed E-state index contributed by atoms with van der Waals surface area (Å²) in [5.41, 5.74) is -1.38. The predicted molar refractivity (Wildman–Crippen MR) is 109 cm³/mol. The zero-order valence-electron chi connectivity index (χ0n) is 16.5. The van der Waals surface area contributed by atoms with Gasteiger partial charge in [-0.05, 0) is 38.1 Å². The van der Waals surface area contributed by atoms with Crippen LogP contribution < -0.4 is 5.32 Å². The normalized spacial score (nSPS) is 14.8. The summed E-state index contributed by atoms with van der Waals surface area (Å²) in [5, 5.41) is 11.5. The monoisotopic (exact) mass is 439 g/mol. The fourth-order valence-electron chi connectivity index (χ4n) is 3.32. The van der Waals surface area contributed by atoms with Crippen LogP contribution in [-0.4, -0.2) is 51.0 Å². The van der Waals surface area contributed by atoms with Crippen molar-refractivity contribution in [2.24, 2.45) is 0 Å². The molecule has 0 aliphatic carbocycles. The van der Waals surface area contributed by atoms with E-state index in [2.05, 4.69) is 27.0 Å². The highest BCUT2D eigenvalue weighted by Gasteiger charge is 2.34. The molecule has 1 aliphatic rings. The van der Waals surface area contributed by atoms with Gasteiger partial charge in [-0.2, -0.15) is 13.2 Å². The maximum absolute atomic E-state index is 13.1. The number of likely N-dealkylation sites (tertiary alicyclic amines) is 1. The maximum atomic E-state index is 13.1. The van der Waals surface area contributed by atoms with Gasteiger partial charge in [0.2, 0.25) is 0 Å². The predicted octanol–water partition coefficient (Wildman–Crippen LogP) is 3.60. The van der Waals surface area contributed by atoms with Gasteiger partial charge in [-0.25, -0.2) is 0 Å². The van der Waals surface area contributed by atoms with E-state index in [1.165, 1.54) is 25.0 Å². The van der Waals surface area contributed by atoms with Gasteiger partial charge in [0.05, 0.1) is 17.7 Å². The van der Waals surface area contributed by atoms with E-state index in [-0.39, 0.29) is 6.54 Å². The summed E-state index contributed by atoms with van der Waals surface area (Å²) in [6.45, 7) is 7.36. The Kier molecular flexibility index (Phi) is 7.54. The highest BCUT2D eigenvalue weighted by molar-refractivity contribution is 7.99. The zero-order chi connectivity index (χ0) is 21.6. The molecule has 1 N–H and O–H groups in total. The standard InChI is InChI=1S/C20H24F3N5OS/c1-2-9-28-17(25-26-19(28)30-13-12-27-10-5-6-11-27)14-24-18(29)15-7-3-4-8-16(15)20(21,22)23/h2-4,7-8H,1,5-6,9-14H2,(H,24,29). The Morgan fingerprint density at radius 2 is 1.97 bits per heavy atom. The number of alkyl halides is 3. The number of nitrogens with zero attached hydrogens (tertiary/aromatic N) is 4. The Bertz CT molecular complexity index is 878. The summed E-state index contributed by atoms with van der Waals surface area (Å²) in [6, 6.07) is 4.71. The lowest BCUT2D eigenvalue weighted by Crippen LogP contribution is -2.27. The molecule has 1 aromatic heterocycles. The van der Waals surface area contributed by atoms with Crippen LogP contribution in [0.5, 0.6) is 0 Å². The minimum absolute atomic E-state index is 0.0292. The molecule has 0 bridgehead atoms. The quantitative estimate of drug-likeness (QED) is 0.478. The zero-order valence-corrected chi connectivity index (χ0v) is 17.3. The van der Waals surface area contributed by atoms with Crippen molar-refractivity contribution >= 4 is 17.7 Å². The number of allylic oxidation sites excluding steroid dienone is 1. The second-order valence-electron chi connectivity index (χ2n) is 6.92. The topological polar surface area (TPSA) is 63.1 Å². The number of aromatic nitrogens is 3. The van der Waals surface area contributed by atoms with Gasteiger partial charge in [-0.15, -0.1) is 16.8 Å². The van der Waals surface area contributed by atoms with Crippen LogP contribution in [0, 0.1) is 0 Å². The Morgan fingerprint density at radius 1 is 1.23 bits per heavy atom. The summed E-state index contributed by atoms with van der Waals surface area (Å²) in [7, 11) is 0. The van der Waals surface area contributed by atoms with Crippen molar-refractivity contribution < 1.29 is 18.0 Å². The SMILES string of the molecule is C=CCn1c(CNC(=O)c2ccccc2C(F)(F)F)nnc1SCCN1CCCC1. The third-order valence-corrected chi connectivity index (χ3v) is 5.77. The van der Waals surface area contributed by atoms with Gasteiger partial charge in [0.25, 0.3) is 5.91 Å². The third-order valence-electron chi connectivity index (χ3n) is 4.83. The molecule has 2 heterocycles. The summed E-state index contributed by atoms with van der Waals surface area (Å²) >= 11 is 1.57. The Balaban J connectivity index is 1.64. The van der Waals surface area contributed by atoms with Crippen LogP contribution in [0.25, 0.3) is 0 Å². The Labute approximate surface area is 177 Å². The fraction of sp³-hybridized carbons (Fsp3) is 0.450. The Hall–Kier alpha value is -2.33. The number of benzene rings is 1. The molecule has 2 aromatic rings. The molecule has 3 rings (SSSR count). The van der Waals surface area contributed by atoms with E-state index in [0.29, 0.717) is 17.5 Å². The number of carbonyl (C=O) groups is 1. The van der Waals surface area contributed by atoms with Crippen LogP contribution in [0.4, 0.5) is 13.2 Å². The molecule has 0 saturated carbocycles. The molecule has 162 valence electrons. The third kappa shape index (κ3) is 5.63. The molecule has 1 aromatic carbocycles. The van der Waals surface area contributed by atoms with E-state index in [1.807, 2.05) is 4.57 Å². The molecule has 0 atom stereocenters. The van der Waals surface area contributed by atoms with Crippen molar-refractivity contribution in [2.75, 3.05) is 25.4 Å². The molecule has 0 radical (unpaired) electrons. The fourth-order valence-corrected chi connectivity index (χ4v) is 4.29. The molecule has 1 amide bonds. The number of nitrogens with one attached hydrogen (secondary N) is 1. The first-order valence-electron chi connectivity index (χ1n) is 9.72. The maximum Gasteiger partial charge on any atom is 0.417 e. The van der Waals surface area contributed by atoms with Crippen LogP contribution in [0.3, 0.4) is 0 Å². The second-order valence-corrected chi connectivity index (χ2v) is 7.98. The number of halogens is 3. The molecule has 6 nitrogen and oxygen atoms in total. The van der Waals surface area contributed by atoms with E-state index >= 15 is 0 Å². The van der Waals surface area contributed by atoms with Gasteiger partial charge < -0.3 is 14.8 Å². The van der Waals surface area contributed by atoms with Crippen molar-refractivity contribution in [3.63, 3.8) is 0 Å². The van der Waals surface area contributed by atoms with Crippen molar-refractivity contribution in [3.05, 3.63) is 53.9 Å². The lowest BCUT2D eigenvalue weighted by atomic mass is 10.1. The molecule has 0 spiro atoms. The molecule has 0 unspecified atom stereocenters. The van der Waals surface area contributed by atoms with E-state index in [0.717, 1.165) is 37.5 Å².